The second-order valence-corrected chi connectivity index (χ2v) is 5.64. The van der Waals surface area contributed by atoms with Crippen LogP contribution in [0.1, 0.15) is 12.5 Å². The molecule has 16 heavy (non-hydrogen) atoms. The third kappa shape index (κ3) is 2.81. The maximum atomic E-state index is 12.0. The lowest BCUT2D eigenvalue weighted by molar-refractivity contribution is 0.486. The molecule has 0 aliphatic rings. The number of hydrogen-bond acceptors (Lipinski definition) is 3. The highest BCUT2D eigenvalue weighted by Crippen LogP contribution is 2.15. The van der Waals surface area contributed by atoms with Gasteiger partial charge in [0.15, 0.2) is 0 Å². The minimum Gasteiger partial charge on any atom is -0.316 e. The molecule has 0 spiro atoms. The van der Waals surface area contributed by atoms with E-state index in [9.17, 15) is 8.42 Å². The number of nitrogens with zero attached hydrogens (tertiary/aromatic N) is 1. The van der Waals surface area contributed by atoms with Gasteiger partial charge < -0.3 is 5.32 Å². The molecule has 1 aromatic carbocycles. The molecule has 0 saturated carbocycles. The Hall–Kier alpha value is -0.910. The van der Waals surface area contributed by atoms with Crippen molar-refractivity contribution in [1.82, 2.24) is 9.62 Å². The van der Waals surface area contributed by atoms with Gasteiger partial charge in [-0.3, -0.25) is 0 Å². The summed E-state index contributed by atoms with van der Waals surface area (Å²) >= 11 is 0. The lowest BCUT2D eigenvalue weighted by atomic mass is 10.2. The smallest absolute Gasteiger partial charge is 0.242 e. The highest BCUT2D eigenvalue weighted by atomic mass is 32.2. The van der Waals surface area contributed by atoms with Crippen molar-refractivity contribution in [2.45, 2.75) is 18.4 Å². The van der Waals surface area contributed by atoms with Gasteiger partial charge in [0, 0.05) is 20.1 Å². The minimum absolute atomic E-state index is 0.351. The monoisotopic (exact) mass is 242 g/mol. The fraction of sp³-hybridized carbons (Fsp3) is 0.455. The molecule has 5 heteroatoms. The zero-order valence-corrected chi connectivity index (χ0v) is 10.7. The van der Waals surface area contributed by atoms with Gasteiger partial charge in [-0.25, -0.2) is 12.7 Å². The highest BCUT2D eigenvalue weighted by Gasteiger charge is 2.18. The van der Waals surface area contributed by atoms with Gasteiger partial charge in [0.1, 0.15) is 0 Å². The van der Waals surface area contributed by atoms with E-state index in [1.54, 1.807) is 25.2 Å². The average Bonchev–Trinajstić information content (AvgIpc) is 2.28. The first-order valence-corrected chi connectivity index (χ1v) is 6.66. The first kappa shape index (κ1) is 13.2. The summed E-state index contributed by atoms with van der Waals surface area (Å²) in [5.41, 5.74) is 0.966. The SMILES string of the molecule is CCN(C)S(=O)(=O)c1cccc(CNC)c1. The molecule has 0 aromatic heterocycles. The van der Waals surface area contributed by atoms with Crippen LogP contribution >= 0.6 is 0 Å². The summed E-state index contributed by atoms with van der Waals surface area (Å²) in [7, 11) is 0.0918. The van der Waals surface area contributed by atoms with Crippen LogP contribution in [0.15, 0.2) is 29.2 Å². The summed E-state index contributed by atoms with van der Waals surface area (Å²) in [4.78, 5) is 0.351. The van der Waals surface area contributed by atoms with Crippen molar-refractivity contribution < 1.29 is 8.42 Å². The van der Waals surface area contributed by atoms with Gasteiger partial charge in [0.2, 0.25) is 10.0 Å². The molecule has 0 atom stereocenters. The molecule has 4 nitrogen and oxygen atoms in total. The van der Waals surface area contributed by atoms with Crippen LogP contribution in [-0.2, 0) is 16.6 Å². The standard InChI is InChI=1S/C11H18N2O2S/c1-4-13(3)16(14,15)11-7-5-6-10(8-11)9-12-2/h5-8,12H,4,9H2,1-3H3. The summed E-state index contributed by atoms with van der Waals surface area (Å²) in [5, 5.41) is 3.00. The van der Waals surface area contributed by atoms with Crippen molar-refractivity contribution in [3.8, 4) is 0 Å². The van der Waals surface area contributed by atoms with Crippen molar-refractivity contribution >= 4 is 10.0 Å². The van der Waals surface area contributed by atoms with Crippen LogP contribution in [0.2, 0.25) is 0 Å². The van der Waals surface area contributed by atoms with Crippen molar-refractivity contribution in [3.05, 3.63) is 29.8 Å². The van der Waals surface area contributed by atoms with Crippen molar-refractivity contribution in [2.24, 2.45) is 0 Å². The minimum atomic E-state index is -3.32. The molecule has 0 aliphatic heterocycles. The summed E-state index contributed by atoms with van der Waals surface area (Å²) < 4.78 is 25.4. The maximum Gasteiger partial charge on any atom is 0.242 e. The molecule has 0 amide bonds. The predicted molar refractivity (Wildman–Crippen MR) is 64.7 cm³/mol. The summed E-state index contributed by atoms with van der Waals surface area (Å²) in [6.45, 7) is 2.95. The van der Waals surface area contributed by atoms with Crippen molar-refractivity contribution in [2.75, 3.05) is 20.6 Å². The van der Waals surface area contributed by atoms with Crippen LogP contribution in [0.3, 0.4) is 0 Å². The Kier molecular flexibility index (Phi) is 4.46. The Morgan fingerprint density at radius 1 is 1.38 bits per heavy atom. The zero-order chi connectivity index (χ0) is 12.2. The Bertz CT molecular complexity index is 443. The molecule has 1 aromatic rings. The number of benzene rings is 1. The third-order valence-corrected chi connectivity index (χ3v) is 4.36. The highest BCUT2D eigenvalue weighted by molar-refractivity contribution is 7.89. The lowest BCUT2D eigenvalue weighted by Crippen LogP contribution is -2.26. The molecule has 90 valence electrons. The molecule has 0 aliphatic carbocycles. The van der Waals surface area contributed by atoms with Gasteiger partial charge in [-0.05, 0) is 24.7 Å². The van der Waals surface area contributed by atoms with E-state index in [1.165, 1.54) is 4.31 Å². The van der Waals surface area contributed by atoms with E-state index < -0.39 is 10.0 Å². The zero-order valence-electron chi connectivity index (χ0n) is 9.90. The first-order valence-electron chi connectivity index (χ1n) is 5.22. The number of sulfonamides is 1. The molecule has 0 saturated heterocycles. The number of rotatable bonds is 5. The second-order valence-electron chi connectivity index (χ2n) is 3.60. The molecule has 1 rings (SSSR count). The van der Waals surface area contributed by atoms with Gasteiger partial charge in [0.05, 0.1) is 4.90 Å². The molecule has 0 heterocycles. The lowest BCUT2D eigenvalue weighted by Gasteiger charge is -2.15. The molecule has 1 N–H and O–H groups in total. The van der Waals surface area contributed by atoms with E-state index in [0.29, 0.717) is 18.0 Å². The average molecular weight is 242 g/mol. The quantitative estimate of drug-likeness (QED) is 0.839. The first-order chi connectivity index (χ1) is 7.52. The topological polar surface area (TPSA) is 49.4 Å². The van der Waals surface area contributed by atoms with Crippen LogP contribution in [0.5, 0.6) is 0 Å². The molecule has 0 unspecified atom stereocenters. The Labute approximate surface area is 97.3 Å². The third-order valence-electron chi connectivity index (χ3n) is 2.43. The Balaban J connectivity index is 3.09. The summed E-state index contributed by atoms with van der Waals surface area (Å²) in [5.74, 6) is 0. The molecule has 0 fully saturated rings. The fourth-order valence-electron chi connectivity index (χ4n) is 1.37. The van der Waals surface area contributed by atoms with E-state index in [0.717, 1.165) is 5.56 Å². The van der Waals surface area contributed by atoms with Crippen LogP contribution in [0, 0.1) is 0 Å². The van der Waals surface area contributed by atoms with Gasteiger partial charge in [0.25, 0.3) is 0 Å². The molecule has 0 bridgehead atoms. The Morgan fingerprint density at radius 3 is 2.62 bits per heavy atom. The molecular formula is C11H18N2O2S. The van der Waals surface area contributed by atoms with Crippen molar-refractivity contribution in [3.63, 3.8) is 0 Å². The van der Waals surface area contributed by atoms with Crippen LogP contribution in [-0.4, -0.2) is 33.4 Å². The molecular weight excluding hydrogens is 224 g/mol. The van der Waals surface area contributed by atoms with E-state index in [4.69, 9.17) is 0 Å². The number of hydrogen-bond donors (Lipinski definition) is 1. The van der Waals surface area contributed by atoms with E-state index in [2.05, 4.69) is 5.32 Å². The largest absolute Gasteiger partial charge is 0.316 e. The summed E-state index contributed by atoms with van der Waals surface area (Å²) in [6.07, 6.45) is 0. The van der Waals surface area contributed by atoms with E-state index in [-0.39, 0.29) is 0 Å². The maximum absolute atomic E-state index is 12.0. The molecule has 0 radical (unpaired) electrons. The van der Waals surface area contributed by atoms with Crippen molar-refractivity contribution in [1.29, 1.82) is 0 Å². The Morgan fingerprint density at radius 2 is 2.06 bits per heavy atom. The second kappa shape index (κ2) is 5.43. The van der Waals surface area contributed by atoms with Gasteiger partial charge in [-0.1, -0.05) is 19.1 Å². The normalized spacial score (nSPS) is 12.0. The summed E-state index contributed by atoms with van der Waals surface area (Å²) in [6, 6.07) is 7.00. The number of nitrogens with one attached hydrogen (secondary N) is 1. The van der Waals surface area contributed by atoms with Crippen LogP contribution < -0.4 is 5.32 Å². The fourth-order valence-corrected chi connectivity index (χ4v) is 2.62. The predicted octanol–water partition coefficient (Wildman–Crippen LogP) is 1.05. The van der Waals surface area contributed by atoms with E-state index in [1.807, 2.05) is 20.0 Å². The van der Waals surface area contributed by atoms with Gasteiger partial charge in [-0.15, -0.1) is 0 Å². The van der Waals surface area contributed by atoms with Gasteiger partial charge >= 0.3 is 0 Å². The van der Waals surface area contributed by atoms with Gasteiger partial charge in [-0.2, -0.15) is 0 Å². The van der Waals surface area contributed by atoms with Crippen LogP contribution in [0.4, 0.5) is 0 Å². The van der Waals surface area contributed by atoms with E-state index >= 15 is 0 Å². The van der Waals surface area contributed by atoms with Crippen LogP contribution in [0.25, 0.3) is 0 Å².